The minimum Gasteiger partial charge on any atom is -0.396 e. The Balaban J connectivity index is 2.38. The van der Waals surface area contributed by atoms with Crippen LogP contribution in [0.1, 0.15) is 49.3 Å². The van der Waals surface area contributed by atoms with Crippen LogP contribution < -0.4 is 5.32 Å². The van der Waals surface area contributed by atoms with Crippen molar-refractivity contribution in [1.29, 1.82) is 0 Å². The molecule has 2 N–H and O–H groups in total. The summed E-state index contributed by atoms with van der Waals surface area (Å²) in [7, 11) is 0. The van der Waals surface area contributed by atoms with Gasteiger partial charge >= 0.3 is 0 Å². The van der Waals surface area contributed by atoms with Crippen LogP contribution in [0.5, 0.6) is 0 Å². The van der Waals surface area contributed by atoms with Gasteiger partial charge in [0.2, 0.25) is 0 Å². The molecule has 0 radical (unpaired) electrons. The SMILES string of the molecule is CCC(C)n1ncc2c(C(=O)NCC(C)CO)cc(C)nc21. The zero-order valence-corrected chi connectivity index (χ0v) is 13.6. The number of nitrogens with one attached hydrogen (secondary N) is 1. The van der Waals surface area contributed by atoms with Gasteiger partial charge in [0, 0.05) is 18.8 Å². The molecule has 6 heteroatoms. The summed E-state index contributed by atoms with van der Waals surface area (Å²) < 4.78 is 1.87. The highest BCUT2D eigenvalue weighted by molar-refractivity contribution is 6.05. The fourth-order valence-electron chi connectivity index (χ4n) is 2.25. The van der Waals surface area contributed by atoms with Crippen molar-refractivity contribution in [3.05, 3.63) is 23.5 Å². The van der Waals surface area contributed by atoms with Gasteiger partial charge in [0.1, 0.15) is 0 Å². The van der Waals surface area contributed by atoms with Crippen molar-refractivity contribution in [3.8, 4) is 0 Å². The van der Waals surface area contributed by atoms with E-state index in [0.29, 0.717) is 12.1 Å². The van der Waals surface area contributed by atoms with Gasteiger partial charge in [-0.2, -0.15) is 5.10 Å². The summed E-state index contributed by atoms with van der Waals surface area (Å²) in [5.74, 6) is -0.121. The van der Waals surface area contributed by atoms with E-state index in [-0.39, 0.29) is 24.5 Å². The van der Waals surface area contributed by atoms with Gasteiger partial charge in [-0.05, 0) is 32.3 Å². The maximum absolute atomic E-state index is 12.4. The molecule has 0 spiro atoms. The summed E-state index contributed by atoms with van der Waals surface area (Å²) in [4.78, 5) is 17.0. The van der Waals surface area contributed by atoms with Gasteiger partial charge in [0.05, 0.1) is 23.2 Å². The van der Waals surface area contributed by atoms with E-state index in [1.165, 1.54) is 0 Å². The maximum atomic E-state index is 12.4. The molecule has 0 bridgehead atoms. The van der Waals surface area contributed by atoms with Crippen molar-refractivity contribution in [2.75, 3.05) is 13.2 Å². The van der Waals surface area contributed by atoms with Gasteiger partial charge in [-0.1, -0.05) is 13.8 Å². The number of hydrogen-bond donors (Lipinski definition) is 2. The van der Waals surface area contributed by atoms with Crippen LogP contribution in [0.3, 0.4) is 0 Å². The quantitative estimate of drug-likeness (QED) is 0.856. The van der Waals surface area contributed by atoms with Crippen LogP contribution in [0.25, 0.3) is 11.0 Å². The monoisotopic (exact) mass is 304 g/mol. The summed E-state index contributed by atoms with van der Waals surface area (Å²) >= 11 is 0. The lowest BCUT2D eigenvalue weighted by atomic mass is 10.1. The number of aromatic nitrogens is 3. The van der Waals surface area contributed by atoms with Crippen molar-refractivity contribution < 1.29 is 9.90 Å². The first-order chi connectivity index (χ1) is 10.5. The predicted molar refractivity (Wildman–Crippen MR) is 85.9 cm³/mol. The normalized spacial score (nSPS) is 14.0. The second kappa shape index (κ2) is 6.87. The summed E-state index contributed by atoms with van der Waals surface area (Å²) in [5, 5.41) is 17.1. The van der Waals surface area contributed by atoms with E-state index < -0.39 is 0 Å². The third-order valence-electron chi connectivity index (χ3n) is 3.87. The molecule has 2 heterocycles. The molecule has 0 aliphatic heterocycles. The van der Waals surface area contributed by atoms with E-state index in [4.69, 9.17) is 5.11 Å². The highest BCUT2D eigenvalue weighted by Crippen LogP contribution is 2.22. The average Bonchev–Trinajstić information content (AvgIpc) is 2.94. The second-order valence-electron chi connectivity index (χ2n) is 5.89. The van der Waals surface area contributed by atoms with Crippen molar-refractivity contribution in [1.82, 2.24) is 20.1 Å². The summed E-state index contributed by atoms with van der Waals surface area (Å²) in [6.45, 7) is 8.43. The Kier molecular flexibility index (Phi) is 5.13. The molecule has 0 saturated heterocycles. The van der Waals surface area contributed by atoms with E-state index >= 15 is 0 Å². The standard InChI is InChI=1S/C16H24N4O2/c1-5-12(4)20-15-14(8-18-20)13(6-11(3)19-15)16(22)17-7-10(2)9-21/h6,8,10,12,21H,5,7,9H2,1-4H3,(H,17,22). The minimum atomic E-state index is -0.153. The number of hydrogen-bond acceptors (Lipinski definition) is 4. The van der Waals surface area contributed by atoms with Crippen LogP contribution in [0, 0.1) is 12.8 Å². The maximum Gasteiger partial charge on any atom is 0.252 e. The molecular formula is C16H24N4O2. The van der Waals surface area contributed by atoms with Gasteiger partial charge in [-0.3, -0.25) is 4.79 Å². The van der Waals surface area contributed by atoms with Crippen molar-refractivity contribution in [3.63, 3.8) is 0 Å². The summed E-state index contributed by atoms with van der Waals surface area (Å²) in [6.07, 6.45) is 2.65. The van der Waals surface area contributed by atoms with Crippen LogP contribution in [-0.2, 0) is 0 Å². The molecule has 6 nitrogen and oxygen atoms in total. The van der Waals surface area contributed by atoms with Crippen molar-refractivity contribution in [2.24, 2.45) is 5.92 Å². The number of carbonyl (C=O) groups excluding carboxylic acids is 1. The molecule has 120 valence electrons. The zero-order chi connectivity index (χ0) is 16.3. The van der Waals surface area contributed by atoms with Gasteiger partial charge in [0.15, 0.2) is 5.65 Å². The van der Waals surface area contributed by atoms with Crippen LogP contribution in [0.4, 0.5) is 0 Å². The fraction of sp³-hybridized carbons (Fsp3) is 0.562. The van der Waals surface area contributed by atoms with Gasteiger partial charge in [-0.15, -0.1) is 0 Å². The summed E-state index contributed by atoms with van der Waals surface area (Å²) in [5.41, 5.74) is 2.12. The molecule has 0 aliphatic carbocycles. The zero-order valence-electron chi connectivity index (χ0n) is 13.6. The highest BCUT2D eigenvalue weighted by atomic mass is 16.3. The Bertz CT molecular complexity index is 665. The fourth-order valence-corrected chi connectivity index (χ4v) is 2.25. The minimum absolute atomic E-state index is 0.0326. The first-order valence-corrected chi connectivity index (χ1v) is 7.71. The third kappa shape index (κ3) is 3.27. The topological polar surface area (TPSA) is 80.0 Å². The van der Waals surface area contributed by atoms with Gasteiger partial charge < -0.3 is 10.4 Å². The second-order valence-corrected chi connectivity index (χ2v) is 5.89. The van der Waals surface area contributed by atoms with Gasteiger partial charge in [-0.25, -0.2) is 9.67 Å². The Morgan fingerprint density at radius 1 is 1.45 bits per heavy atom. The summed E-state index contributed by atoms with van der Waals surface area (Å²) in [6, 6.07) is 2.02. The number of rotatable bonds is 6. The number of aryl methyl sites for hydroxylation is 1. The van der Waals surface area contributed by atoms with E-state index in [2.05, 4.69) is 29.2 Å². The van der Waals surface area contributed by atoms with Gasteiger partial charge in [0.25, 0.3) is 5.91 Å². The van der Waals surface area contributed by atoms with Crippen molar-refractivity contribution >= 4 is 16.9 Å². The molecule has 2 aromatic heterocycles. The van der Waals surface area contributed by atoms with Crippen LogP contribution in [-0.4, -0.2) is 38.9 Å². The lowest BCUT2D eigenvalue weighted by Crippen LogP contribution is -2.29. The Morgan fingerprint density at radius 3 is 2.82 bits per heavy atom. The molecule has 2 aromatic rings. The number of carbonyl (C=O) groups is 1. The molecule has 22 heavy (non-hydrogen) atoms. The third-order valence-corrected chi connectivity index (χ3v) is 3.87. The van der Waals surface area contributed by atoms with E-state index in [0.717, 1.165) is 23.1 Å². The number of nitrogens with zero attached hydrogens (tertiary/aromatic N) is 3. The number of pyridine rings is 1. The number of amides is 1. The van der Waals surface area contributed by atoms with E-state index in [1.807, 2.05) is 18.5 Å². The molecule has 2 rings (SSSR count). The molecule has 2 unspecified atom stereocenters. The smallest absolute Gasteiger partial charge is 0.252 e. The van der Waals surface area contributed by atoms with E-state index in [1.54, 1.807) is 12.3 Å². The Morgan fingerprint density at radius 2 is 2.18 bits per heavy atom. The number of fused-ring (bicyclic) bond motifs is 1. The first kappa shape index (κ1) is 16.4. The molecule has 0 fully saturated rings. The lowest BCUT2D eigenvalue weighted by Gasteiger charge is -2.12. The number of aliphatic hydroxyl groups is 1. The first-order valence-electron chi connectivity index (χ1n) is 7.71. The Hall–Kier alpha value is -1.95. The molecule has 1 amide bonds. The molecule has 0 aliphatic rings. The van der Waals surface area contributed by atoms with Crippen molar-refractivity contribution in [2.45, 2.75) is 40.2 Å². The molecule has 2 atom stereocenters. The molecular weight excluding hydrogens is 280 g/mol. The predicted octanol–water partition coefficient (Wildman–Crippen LogP) is 2.07. The van der Waals surface area contributed by atoms with Crippen LogP contribution in [0.2, 0.25) is 0 Å². The molecule has 0 saturated carbocycles. The van der Waals surface area contributed by atoms with Crippen LogP contribution >= 0.6 is 0 Å². The van der Waals surface area contributed by atoms with Crippen LogP contribution in [0.15, 0.2) is 12.3 Å². The Labute approximate surface area is 130 Å². The lowest BCUT2D eigenvalue weighted by molar-refractivity contribution is 0.0944. The highest BCUT2D eigenvalue weighted by Gasteiger charge is 2.17. The largest absolute Gasteiger partial charge is 0.396 e. The number of aliphatic hydroxyl groups excluding tert-OH is 1. The molecule has 0 aromatic carbocycles. The average molecular weight is 304 g/mol. The van der Waals surface area contributed by atoms with E-state index in [9.17, 15) is 4.79 Å².